The molecule has 0 aromatic heterocycles. The molecular formula is C15H20N4O4S. The number of nitriles is 1. The standard InChI is InChI=1S/C15H20N4O4S/c1-10-7-18(8-11(2)23-10)14(21)12(5-16)6-17-3-4-19-13(20)9-24-15(19)22/h6,10-11,17H,3-4,7-9H2,1-2H3/b12-6-. The summed E-state index contributed by atoms with van der Waals surface area (Å²) >= 11 is 0.976. The number of nitrogens with zero attached hydrogens (tertiary/aromatic N) is 3. The summed E-state index contributed by atoms with van der Waals surface area (Å²) in [7, 11) is 0. The van der Waals surface area contributed by atoms with Gasteiger partial charge in [0.05, 0.1) is 18.0 Å². The second-order valence-electron chi connectivity index (χ2n) is 5.69. The number of hydrogen-bond donors (Lipinski definition) is 1. The number of carbonyl (C=O) groups excluding carboxylic acids is 3. The van der Waals surface area contributed by atoms with Gasteiger partial charge in [0.25, 0.3) is 11.1 Å². The van der Waals surface area contributed by atoms with Crippen LogP contribution < -0.4 is 5.32 Å². The Hall–Kier alpha value is -2.05. The average Bonchev–Trinajstić information content (AvgIpc) is 2.85. The van der Waals surface area contributed by atoms with Gasteiger partial charge in [-0.2, -0.15) is 5.26 Å². The van der Waals surface area contributed by atoms with E-state index in [4.69, 9.17) is 4.74 Å². The lowest BCUT2D eigenvalue weighted by Crippen LogP contribution is -2.48. The lowest BCUT2D eigenvalue weighted by Gasteiger charge is -2.35. The van der Waals surface area contributed by atoms with Crippen LogP contribution >= 0.6 is 11.8 Å². The van der Waals surface area contributed by atoms with E-state index in [0.717, 1.165) is 16.7 Å². The van der Waals surface area contributed by atoms with Crippen LogP contribution in [0.3, 0.4) is 0 Å². The number of imide groups is 1. The Labute approximate surface area is 144 Å². The monoisotopic (exact) mass is 352 g/mol. The molecule has 0 aliphatic carbocycles. The fourth-order valence-corrected chi connectivity index (χ4v) is 3.36. The second kappa shape index (κ2) is 8.17. The van der Waals surface area contributed by atoms with Crippen molar-refractivity contribution in [2.45, 2.75) is 26.1 Å². The maximum absolute atomic E-state index is 12.4. The zero-order valence-electron chi connectivity index (χ0n) is 13.7. The van der Waals surface area contributed by atoms with Gasteiger partial charge in [0.2, 0.25) is 5.91 Å². The summed E-state index contributed by atoms with van der Waals surface area (Å²) in [6.45, 7) is 5.14. The molecule has 0 aromatic rings. The van der Waals surface area contributed by atoms with Gasteiger partial charge in [-0.1, -0.05) is 11.8 Å². The van der Waals surface area contributed by atoms with Gasteiger partial charge in [0, 0.05) is 32.4 Å². The Balaban J connectivity index is 1.87. The van der Waals surface area contributed by atoms with Crippen molar-refractivity contribution in [2.75, 3.05) is 31.9 Å². The predicted molar refractivity (Wildman–Crippen MR) is 87.9 cm³/mol. The molecule has 0 bridgehead atoms. The van der Waals surface area contributed by atoms with Crippen LogP contribution in [0.4, 0.5) is 4.79 Å². The van der Waals surface area contributed by atoms with Crippen LogP contribution in [-0.4, -0.2) is 71.0 Å². The molecule has 2 aliphatic rings. The molecule has 2 saturated heterocycles. The zero-order valence-corrected chi connectivity index (χ0v) is 14.5. The molecule has 8 nitrogen and oxygen atoms in total. The van der Waals surface area contributed by atoms with Gasteiger partial charge in [-0.05, 0) is 13.8 Å². The summed E-state index contributed by atoms with van der Waals surface area (Å²) in [6.07, 6.45) is 1.19. The summed E-state index contributed by atoms with van der Waals surface area (Å²) in [4.78, 5) is 38.1. The van der Waals surface area contributed by atoms with Gasteiger partial charge >= 0.3 is 0 Å². The van der Waals surface area contributed by atoms with Crippen molar-refractivity contribution < 1.29 is 19.1 Å². The van der Waals surface area contributed by atoms with Crippen LogP contribution in [-0.2, 0) is 14.3 Å². The first-order chi connectivity index (χ1) is 11.4. The van der Waals surface area contributed by atoms with E-state index in [1.165, 1.54) is 6.20 Å². The smallest absolute Gasteiger partial charge is 0.288 e. The number of ether oxygens (including phenoxy) is 1. The first-order valence-electron chi connectivity index (χ1n) is 7.68. The van der Waals surface area contributed by atoms with Gasteiger partial charge in [0.15, 0.2) is 0 Å². The molecule has 3 amide bonds. The third-order valence-corrected chi connectivity index (χ3v) is 4.48. The molecular weight excluding hydrogens is 332 g/mol. The highest BCUT2D eigenvalue weighted by molar-refractivity contribution is 8.14. The molecule has 2 atom stereocenters. The number of nitrogens with one attached hydrogen (secondary N) is 1. The van der Waals surface area contributed by atoms with Crippen LogP contribution in [0.1, 0.15) is 13.8 Å². The molecule has 0 saturated carbocycles. The van der Waals surface area contributed by atoms with Crippen molar-refractivity contribution in [3.05, 3.63) is 11.8 Å². The predicted octanol–water partition coefficient (Wildman–Crippen LogP) is 0.315. The zero-order chi connectivity index (χ0) is 17.7. The molecule has 0 aromatic carbocycles. The second-order valence-corrected chi connectivity index (χ2v) is 6.62. The normalized spacial score (nSPS) is 25.0. The lowest BCUT2D eigenvalue weighted by atomic mass is 10.2. The molecule has 0 spiro atoms. The van der Waals surface area contributed by atoms with E-state index in [1.54, 1.807) is 4.90 Å². The molecule has 2 aliphatic heterocycles. The van der Waals surface area contributed by atoms with E-state index in [9.17, 15) is 19.6 Å². The summed E-state index contributed by atoms with van der Waals surface area (Å²) < 4.78 is 5.57. The molecule has 9 heteroatoms. The van der Waals surface area contributed by atoms with E-state index >= 15 is 0 Å². The Bertz CT molecular complexity index is 575. The topological polar surface area (TPSA) is 103 Å². The van der Waals surface area contributed by atoms with Crippen LogP contribution in [0.25, 0.3) is 0 Å². The van der Waals surface area contributed by atoms with Crippen LogP contribution in [0, 0.1) is 11.3 Å². The van der Waals surface area contributed by atoms with E-state index < -0.39 is 0 Å². The number of thioether (sulfide) groups is 1. The third-order valence-electron chi connectivity index (χ3n) is 3.62. The highest BCUT2D eigenvalue weighted by atomic mass is 32.2. The number of rotatable bonds is 5. The van der Waals surface area contributed by atoms with Gasteiger partial charge < -0.3 is 15.0 Å². The molecule has 0 radical (unpaired) electrons. The Morgan fingerprint density at radius 1 is 1.42 bits per heavy atom. The first kappa shape index (κ1) is 18.3. The van der Waals surface area contributed by atoms with Crippen molar-refractivity contribution >= 4 is 28.8 Å². The number of hydrogen-bond acceptors (Lipinski definition) is 7. The molecule has 24 heavy (non-hydrogen) atoms. The maximum Gasteiger partial charge on any atom is 0.288 e. The summed E-state index contributed by atoms with van der Waals surface area (Å²) in [5.41, 5.74) is -0.00949. The Morgan fingerprint density at radius 2 is 2.08 bits per heavy atom. The fraction of sp³-hybridized carbons (Fsp3) is 0.600. The lowest BCUT2D eigenvalue weighted by molar-refractivity contribution is -0.138. The van der Waals surface area contributed by atoms with Gasteiger partial charge in [-0.25, -0.2) is 0 Å². The Morgan fingerprint density at radius 3 is 2.62 bits per heavy atom. The number of carbonyl (C=O) groups is 3. The minimum atomic E-state index is -0.351. The van der Waals surface area contributed by atoms with Crippen molar-refractivity contribution in [3.63, 3.8) is 0 Å². The highest BCUT2D eigenvalue weighted by Crippen LogP contribution is 2.17. The van der Waals surface area contributed by atoms with Gasteiger partial charge in [-0.3, -0.25) is 19.3 Å². The molecule has 2 fully saturated rings. The van der Waals surface area contributed by atoms with E-state index in [-0.39, 0.29) is 53.7 Å². The van der Waals surface area contributed by atoms with E-state index in [1.807, 2.05) is 19.9 Å². The highest BCUT2D eigenvalue weighted by Gasteiger charge is 2.29. The van der Waals surface area contributed by atoms with Crippen LogP contribution in [0.15, 0.2) is 11.8 Å². The minimum Gasteiger partial charge on any atom is -0.388 e. The molecule has 130 valence electrons. The minimum absolute atomic E-state index is 0.00949. The van der Waals surface area contributed by atoms with Crippen LogP contribution in [0.5, 0.6) is 0 Å². The van der Waals surface area contributed by atoms with Crippen molar-refractivity contribution in [3.8, 4) is 6.07 Å². The maximum atomic E-state index is 12.4. The average molecular weight is 352 g/mol. The molecule has 1 N–H and O–H groups in total. The van der Waals surface area contributed by atoms with Crippen LogP contribution in [0.2, 0.25) is 0 Å². The molecule has 2 heterocycles. The SMILES string of the molecule is CC1CN(C(=O)/C(C#N)=C\NCCN2C(=O)CSC2=O)CC(C)O1. The largest absolute Gasteiger partial charge is 0.388 e. The van der Waals surface area contributed by atoms with Gasteiger partial charge in [0.1, 0.15) is 11.6 Å². The van der Waals surface area contributed by atoms with Crippen molar-refractivity contribution in [1.29, 1.82) is 5.26 Å². The molecule has 2 unspecified atom stereocenters. The Kier molecular flexibility index (Phi) is 6.23. The number of morpholine rings is 1. The summed E-state index contributed by atoms with van der Waals surface area (Å²) in [6, 6.07) is 1.89. The first-order valence-corrected chi connectivity index (χ1v) is 8.66. The molecule has 2 rings (SSSR count). The van der Waals surface area contributed by atoms with Crippen molar-refractivity contribution in [2.24, 2.45) is 0 Å². The number of amides is 3. The van der Waals surface area contributed by atoms with E-state index in [0.29, 0.717) is 13.1 Å². The third kappa shape index (κ3) is 4.49. The van der Waals surface area contributed by atoms with E-state index in [2.05, 4.69) is 5.32 Å². The summed E-state index contributed by atoms with van der Waals surface area (Å²) in [5, 5.41) is 11.8. The quantitative estimate of drug-likeness (QED) is 0.432. The fourth-order valence-electron chi connectivity index (χ4n) is 2.60. The van der Waals surface area contributed by atoms with Gasteiger partial charge in [-0.15, -0.1) is 0 Å². The summed E-state index contributed by atoms with van der Waals surface area (Å²) in [5.74, 6) is -0.399. The van der Waals surface area contributed by atoms with Crippen molar-refractivity contribution in [1.82, 2.24) is 15.1 Å².